The highest BCUT2D eigenvalue weighted by molar-refractivity contribution is 6.37. The fraction of sp³-hybridized carbons (Fsp3) is 0.364. The highest BCUT2D eigenvalue weighted by Gasteiger charge is 2.14. The second-order valence-electron chi connectivity index (χ2n) is 3.53. The van der Waals surface area contributed by atoms with Crippen LogP contribution in [-0.4, -0.2) is 30.8 Å². The van der Waals surface area contributed by atoms with Gasteiger partial charge < -0.3 is 15.2 Å². The van der Waals surface area contributed by atoms with Gasteiger partial charge in [0.2, 0.25) is 0 Å². The van der Waals surface area contributed by atoms with Crippen LogP contribution in [0.1, 0.15) is 17.3 Å². The Hall–Kier alpha value is -0.970. The summed E-state index contributed by atoms with van der Waals surface area (Å²) in [4.78, 5) is 11.7. The Morgan fingerprint density at radius 2 is 2.00 bits per heavy atom. The van der Waals surface area contributed by atoms with Gasteiger partial charge in [-0.2, -0.15) is 0 Å². The number of carbonyl (C=O) groups is 1. The molecule has 0 aliphatic rings. The number of methoxy groups -OCH3 is 1. The van der Waals surface area contributed by atoms with Crippen LogP contribution in [0.5, 0.6) is 5.75 Å². The molecule has 4 nitrogen and oxygen atoms in total. The number of carbonyl (C=O) groups excluding carboxylic acids is 1. The van der Waals surface area contributed by atoms with Crippen LogP contribution >= 0.6 is 23.2 Å². The third kappa shape index (κ3) is 3.49. The van der Waals surface area contributed by atoms with Gasteiger partial charge in [-0.1, -0.05) is 23.2 Å². The first-order valence-electron chi connectivity index (χ1n) is 4.94. The fourth-order valence-corrected chi connectivity index (χ4v) is 1.88. The number of nitrogens with one attached hydrogen (secondary N) is 1. The summed E-state index contributed by atoms with van der Waals surface area (Å²) in [6.45, 7) is 1.55. The second-order valence-corrected chi connectivity index (χ2v) is 4.34. The van der Waals surface area contributed by atoms with E-state index in [0.29, 0.717) is 11.3 Å². The molecule has 1 rings (SSSR count). The minimum Gasteiger partial charge on any atom is -0.494 e. The van der Waals surface area contributed by atoms with Gasteiger partial charge in [0.05, 0.1) is 23.8 Å². The quantitative estimate of drug-likeness (QED) is 0.886. The van der Waals surface area contributed by atoms with Gasteiger partial charge in [-0.15, -0.1) is 0 Å². The van der Waals surface area contributed by atoms with E-state index >= 15 is 0 Å². The number of hydrogen-bond acceptors (Lipinski definition) is 3. The van der Waals surface area contributed by atoms with Gasteiger partial charge in [0.1, 0.15) is 0 Å². The molecule has 0 aliphatic heterocycles. The number of halogens is 2. The molecule has 0 bridgehead atoms. The van der Waals surface area contributed by atoms with E-state index in [9.17, 15) is 4.79 Å². The lowest BCUT2D eigenvalue weighted by molar-refractivity contribution is 0.0922. The monoisotopic (exact) mass is 277 g/mol. The van der Waals surface area contributed by atoms with E-state index in [0.717, 1.165) is 0 Å². The maximum Gasteiger partial charge on any atom is 0.251 e. The zero-order chi connectivity index (χ0) is 13.0. The summed E-state index contributed by atoms with van der Waals surface area (Å²) in [6, 6.07) is 2.60. The highest BCUT2D eigenvalue weighted by Crippen LogP contribution is 2.33. The number of aliphatic hydroxyl groups is 1. The number of amides is 1. The van der Waals surface area contributed by atoms with Gasteiger partial charge in [-0.25, -0.2) is 0 Å². The number of rotatable bonds is 4. The molecule has 0 spiro atoms. The number of aliphatic hydroxyl groups excluding tert-OH is 1. The van der Waals surface area contributed by atoms with E-state index in [2.05, 4.69) is 5.32 Å². The van der Waals surface area contributed by atoms with Crippen molar-refractivity contribution in [2.75, 3.05) is 13.7 Å². The first-order chi connectivity index (χ1) is 7.99. The predicted molar refractivity (Wildman–Crippen MR) is 67.0 cm³/mol. The molecule has 0 aromatic heterocycles. The van der Waals surface area contributed by atoms with Crippen molar-refractivity contribution >= 4 is 29.1 Å². The predicted octanol–water partition coefficient (Wildman–Crippen LogP) is 2.11. The maximum atomic E-state index is 11.7. The molecule has 0 saturated heterocycles. The normalized spacial score (nSPS) is 12.1. The van der Waals surface area contributed by atoms with Gasteiger partial charge in [-0.05, 0) is 19.1 Å². The molecular weight excluding hydrogens is 265 g/mol. The number of benzene rings is 1. The molecule has 17 heavy (non-hydrogen) atoms. The Balaban J connectivity index is 2.96. The lowest BCUT2D eigenvalue weighted by Gasteiger charge is -2.12. The SMILES string of the molecule is COc1c(Cl)cc(C(=O)NC(C)CO)cc1Cl. The molecule has 1 amide bonds. The minimum absolute atomic E-state index is 0.136. The first kappa shape index (κ1) is 14.1. The Bertz CT molecular complexity index is 400. The third-order valence-electron chi connectivity index (χ3n) is 2.12. The first-order valence-corrected chi connectivity index (χ1v) is 5.70. The average Bonchev–Trinajstić information content (AvgIpc) is 2.28. The molecule has 1 unspecified atom stereocenters. The maximum absolute atomic E-state index is 11.7. The zero-order valence-electron chi connectivity index (χ0n) is 9.46. The van der Waals surface area contributed by atoms with Crippen molar-refractivity contribution in [1.29, 1.82) is 0 Å². The smallest absolute Gasteiger partial charge is 0.251 e. The summed E-state index contributed by atoms with van der Waals surface area (Å²) < 4.78 is 4.98. The second kappa shape index (κ2) is 6.10. The van der Waals surface area contributed by atoms with Gasteiger partial charge in [-0.3, -0.25) is 4.79 Å². The number of ether oxygens (including phenoxy) is 1. The van der Waals surface area contributed by atoms with Gasteiger partial charge in [0.25, 0.3) is 5.91 Å². The van der Waals surface area contributed by atoms with E-state index in [1.807, 2.05) is 0 Å². The molecule has 1 atom stereocenters. The zero-order valence-corrected chi connectivity index (χ0v) is 11.0. The topological polar surface area (TPSA) is 58.6 Å². The third-order valence-corrected chi connectivity index (χ3v) is 2.68. The van der Waals surface area contributed by atoms with Crippen LogP contribution in [0, 0.1) is 0 Å². The van der Waals surface area contributed by atoms with E-state index in [4.69, 9.17) is 33.0 Å². The van der Waals surface area contributed by atoms with Crippen LogP contribution in [-0.2, 0) is 0 Å². The van der Waals surface area contributed by atoms with Crippen LogP contribution in [0.2, 0.25) is 10.0 Å². The summed E-state index contributed by atoms with van der Waals surface area (Å²) >= 11 is 11.8. The number of hydrogen-bond donors (Lipinski definition) is 2. The van der Waals surface area contributed by atoms with Gasteiger partial charge in [0.15, 0.2) is 5.75 Å². The summed E-state index contributed by atoms with van der Waals surface area (Å²) in [5.74, 6) is -0.0157. The minimum atomic E-state index is -0.349. The summed E-state index contributed by atoms with van der Waals surface area (Å²) in [6.07, 6.45) is 0. The Labute approximate surface area is 109 Å². The van der Waals surface area contributed by atoms with E-state index < -0.39 is 0 Å². The average molecular weight is 278 g/mol. The van der Waals surface area contributed by atoms with Gasteiger partial charge in [0, 0.05) is 11.6 Å². The molecule has 0 aliphatic carbocycles. The molecular formula is C11H13Cl2NO3. The highest BCUT2D eigenvalue weighted by atomic mass is 35.5. The van der Waals surface area contributed by atoms with E-state index in [-0.39, 0.29) is 28.6 Å². The van der Waals surface area contributed by atoms with Gasteiger partial charge >= 0.3 is 0 Å². The van der Waals surface area contributed by atoms with Crippen LogP contribution in [0.4, 0.5) is 0 Å². The van der Waals surface area contributed by atoms with Crippen molar-refractivity contribution < 1.29 is 14.6 Å². The molecule has 1 aromatic rings. The van der Waals surface area contributed by atoms with Crippen LogP contribution in [0.3, 0.4) is 0 Å². The fourth-order valence-electron chi connectivity index (χ4n) is 1.24. The van der Waals surface area contributed by atoms with E-state index in [1.54, 1.807) is 6.92 Å². The van der Waals surface area contributed by atoms with E-state index in [1.165, 1.54) is 19.2 Å². The van der Waals surface area contributed by atoms with Crippen LogP contribution in [0.15, 0.2) is 12.1 Å². The van der Waals surface area contributed by atoms with Crippen molar-refractivity contribution in [3.05, 3.63) is 27.7 Å². The molecule has 6 heteroatoms. The standard InChI is InChI=1S/C11H13Cl2NO3/c1-6(5-15)14-11(16)7-3-8(12)10(17-2)9(13)4-7/h3-4,6,15H,5H2,1-2H3,(H,14,16). The molecule has 0 heterocycles. The lowest BCUT2D eigenvalue weighted by atomic mass is 10.2. The molecule has 0 saturated carbocycles. The van der Waals surface area contributed by atoms with Crippen LogP contribution < -0.4 is 10.1 Å². The largest absolute Gasteiger partial charge is 0.494 e. The molecule has 94 valence electrons. The van der Waals surface area contributed by atoms with Crippen LogP contribution in [0.25, 0.3) is 0 Å². The summed E-state index contributed by atoms with van der Waals surface area (Å²) in [7, 11) is 1.45. The van der Waals surface area contributed by atoms with Crippen molar-refractivity contribution in [1.82, 2.24) is 5.32 Å². The summed E-state index contributed by atoms with van der Waals surface area (Å²) in [5, 5.41) is 12.0. The molecule has 0 radical (unpaired) electrons. The van der Waals surface area contributed by atoms with Crippen molar-refractivity contribution in [2.45, 2.75) is 13.0 Å². The Morgan fingerprint density at radius 1 is 1.47 bits per heavy atom. The Kier molecular flexibility index (Phi) is 5.05. The van der Waals surface area contributed by atoms with Crippen molar-refractivity contribution in [2.24, 2.45) is 0 Å². The Morgan fingerprint density at radius 3 is 2.41 bits per heavy atom. The lowest BCUT2D eigenvalue weighted by Crippen LogP contribution is -2.34. The van der Waals surface area contributed by atoms with Crippen molar-refractivity contribution in [3.8, 4) is 5.75 Å². The summed E-state index contributed by atoms with van der Waals surface area (Å²) in [5.41, 5.74) is 0.320. The molecule has 2 N–H and O–H groups in total. The molecule has 0 fully saturated rings. The van der Waals surface area contributed by atoms with Crippen molar-refractivity contribution in [3.63, 3.8) is 0 Å². The molecule has 1 aromatic carbocycles.